The van der Waals surface area contributed by atoms with Crippen molar-refractivity contribution in [1.29, 1.82) is 0 Å². The number of rotatable bonds is 2. The zero-order valence-corrected chi connectivity index (χ0v) is 9.67. The predicted molar refractivity (Wildman–Crippen MR) is 59.9 cm³/mol. The van der Waals surface area contributed by atoms with Gasteiger partial charge >= 0.3 is 5.97 Å². The SMILES string of the molecule is COC(=O)/C=C/c1ccc(C)c(Br)c1. The first kappa shape index (κ1) is 11.0. The zero-order valence-electron chi connectivity index (χ0n) is 8.08. The number of ether oxygens (including phenoxy) is 1. The first-order valence-electron chi connectivity index (χ1n) is 4.15. The van der Waals surface area contributed by atoms with E-state index in [0.717, 1.165) is 10.0 Å². The van der Waals surface area contributed by atoms with Crippen LogP contribution in [0.1, 0.15) is 11.1 Å². The van der Waals surface area contributed by atoms with E-state index < -0.39 is 0 Å². The maximum atomic E-state index is 10.8. The Labute approximate surface area is 91.7 Å². The van der Waals surface area contributed by atoms with Crippen LogP contribution in [0.4, 0.5) is 0 Å². The molecule has 0 atom stereocenters. The third-order valence-corrected chi connectivity index (χ3v) is 2.66. The first-order valence-corrected chi connectivity index (χ1v) is 4.95. The fraction of sp³-hybridized carbons (Fsp3) is 0.182. The molecule has 0 N–H and O–H groups in total. The fourth-order valence-electron chi connectivity index (χ4n) is 0.945. The van der Waals surface area contributed by atoms with Crippen LogP contribution in [0, 0.1) is 6.92 Å². The van der Waals surface area contributed by atoms with E-state index in [-0.39, 0.29) is 5.97 Å². The van der Waals surface area contributed by atoms with Gasteiger partial charge in [0.15, 0.2) is 0 Å². The maximum Gasteiger partial charge on any atom is 0.330 e. The van der Waals surface area contributed by atoms with Gasteiger partial charge in [-0.15, -0.1) is 0 Å². The normalized spacial score (nSPS) is 10.5. The number of carbonyl (C=O) groups excluding carboxylic acids is 1. The van der Waals surface area contributed by atoms with Gasteiger partial charge in [0.1, 0.15) is 0 Å². The van der Waals surface area contributed by atoms with Gasteiger partial charge in [0, 0.05) is 10.5 Å². The Morgan fingerprint density at radius 1 is 1.50 bits per heavy atom. The molecule has 0 radical (unpaired) electrons. The summed E-state index contributed by atoms with van der Waals surface area (Å²) in [6, 6.07) is 5.88. The Hall–Kier alpha value is -1.09. The van der Waals surface area contributed by atoms with Gasteiger partial charge in [-0.05, 0) is 30.2 Å². The Bertz CT molecular complexity index is 370. The number of carbonyl (C=O) groups is 1. The molecular formula is C11H11BrO2. The van der Waals surface area contributed by atoms with Gasteiger partial charge in [-0.2, -0.15) is 0 Å². The second-order valence-electron chi connectivity index (χ2n) is 2.87. The molecule has 0 saturated carbocycles. The number of hydrogen-bond acceptors (Lipinski definition) is 2. The third kappa shape index (κ3) is 3.00. The van der Waals surface area contributed by atoms with E-state index in [4.69, 9.17) is 0 Å². The van der Waals surface area contributed by atoms with Gasteiger partial charge in [-0.1, -0.05) is 28.1 Å². The van der Waals surface area contributed by atoms with Crippen LogP contribution in [0.2, 0.25) is 0 Å². The number of aryl methyl sites for hydroxylation is 1. The molecule has 0 aliphatic carbocycles. The van der Waals surface area contributed by atoms with E-state index in [1.54, 1.807) is 6.08 Å². The van der Waals surface area contributed by atoms with Gasteiger partial charge in [0.25, 0.3) is 0 Å². The van der Waals surface area contributed by atoms with Crippen LogP contribution >= 0.6 is 15.9 Å². The van der Waals surface area contributed by atoms with Crippen molar-refractivity contribution in [3.63, 3.8) is 0 Å². The third-order valence-electron chi connectivity index (χ3n) is 1.81. The second kappa shape index (κ2) is 4.96. The molecule has 0 bridgehead atoms. The summed E-state index contributed by atoms with van der Waals surface area (Å²) in [7, 11) is 1.36. The van der Waals surface area contributed by atoms with Crippen molar-refractivity contribution >= 4 is 28.0 Å². The van der Waals surface area contributed by atoms with Crippen LogP contribution in [-0.4, -0.2) is 13.1 Å². The predicted octanol–water partition coefficient (Wildman–Crippen LogP) is 2.94. The molecule has 0 aliphatic rings. The Kier molecular flexibility index (Phi) is 3.89. The smallest absolute Gasteiger partial charge is 0.330 e. The highest BCUT2D eigenvalue weighted by Crippen LogP contribution is 2.18. The highest BCUT2D eigenvalue weighted by Gasteiger charge is 1.95. The lowest BCUT2D eigenvalue weighted by Crippen LogP contribution is -1.93. The summed E-state index contributed by atoms with van der Waals surface area (Å²) in [5, 5.41) is 0. The first-order chi connectivity index (χ1) is 6.63. The molecule has 1 rings (SSSR count). The van der Waals surface area contributed by atoms with Crippen molar-refractivity contribution in [3.05, 3.63) is 39.9 Å². The second-order valence-corrected chi connectivity index (χ2v) is 3.72. The number of benzene rings is 1. The average molecular weight is 255 g/mol. The van der Waals surface area contributed by atoms with E-state index >= 15 is 0 Å². The molecule has 74 valence electrons. The quantitative estimate of drug-likeness (QED) is 0.600. The Balaban J connectivity index is 2.83. The van der Waals surface area contributed by atoms with Gasteiger partial charge in [0.2, 0.25) is 0 Å². The topological polar surface area (TPSA) is 26.3 Å². The summed E-state index contributed by atoms with van der Waals surface area (Å²) in [5.74, 6) is -0.346. The van der Waals surface area contributed by atoms with Crippen molar-refractivity contribution in [2.45, 2.75) is 6.92 Å². The highest BCUT2D eigenvalue weighted by atomic mass is 79.9. The molecule has 0 aliphatic heterocycles. The summed E-state index contributed by atoms with van der Waals surface area (Å²) in [5.41, 5.74) is 2.13. The van der Waals surface area contributed by atoms with E-state index in [9.17, 15) is 4.79 Å². The minimum atomic E-state index is -0.346. The maximum absolute atomic E-state index is 10.8. The Morgan fingerprint density at radius 3 is 2.79 bits per heavy atom. The Morgan fingerprint density at radius 2 is 2.21 bits per heavy atom. The molecule has 1 aromatic carbocycles. The summed E-state index contributed by atoms with van der Waals surface area (Å²) < 4.78 is 5.52. The molecule has 0 spiro atoms. The van der Waals surface area contributed by atoms with Crippen LogP contribution in [0.5, 0.6) is 0 Å². The summed E-state index contributed by atoms with van der Waals surface area (Å²) in [6.07, 6.45) is 3.12. The fourth-order valence-corrected chi connectivity index (χ4v) is 1.34. The molecule has 0 heterocycles. The van der Waals surface area contributed by atoms with Crippen LogP contribution < -0.4 is 0 Å². The van der Waals surface area contributed by atoms with Crippen molar-refractivity contribution in [2.24, 2.45) is 0 Å². The van der Waals surface area contributed by atoms with Gasteiger partial charge < -0.3 is 4.74 Å². The largest absolute Gasteiger partial charge is 0.466 e. The molecule has 0 saturated heterocycles. The molecule has 2 nitrogen and oxygen atoms in total. The summed E-state index contributed by atoms with van der Waals surface area (Å²) in [6.45, 7) is 2.01. The van der Waals surface area contributed by atoms with Gasteiger partial charge in [-0.3, -0.25) is 0 Å². The minimum Gasteiger partial charge on any atom is -0.466 e. The molecule has 0 amide bonds. The molecule has 3 heteroatoms. The lowest BCUT2D eigenvalue weighted by molar-refractivity contribution is -0.134. The summed E-state index contributed by atoms with van der Waals surface area (Å²) >= 11 is 3.42. The van der Waals surface area contributed by atoms with Gasteiger partial charge in [-0.25, -0.2) is 4.79 Å². The molecule has 0 unspecified atom stereocenters. The molecular weight excluding hydrogens is 244 g/mol. The van der Waals surface area contributed by atoms with Crippen LogP contribution in [-0.2, 0) is 9.53 Å². The van der Waals surface area contributed by atoms with Crippen LogP contribution in [0.15, 0.2) is 28.7 Å². The van der Waals surface area contributed by atoms with Crippen molar-refractivity contribution in [2.75, 3.05) is 7.11 Å². The molecule has 14 heavy (non-hydrogen) atoms. The lowest BCUT2D eigenvalue weighted by atomic mass is 10.1. The van der Waals surface area contributed by atoms with E-state index in [1.807, 2.05) is 25.1 Å². The van der Waals surface area contributed by atoms with Crippen molar-refractivity contribution < 1.29 is 9.53 Å². The van der Waals surface area contributed by atoms with Crippen LogP contribution in [0.3, 0.4) is 0 Å². The molecule has 0 fully saturated rings. The lowest BCUT2D eigenvalue weighted by Gasteiger charge is -1.98. The molecule has 0 aromatic heterocycles. The number of methoxy groups -OCH3 is 1. The van der Waals surface area contributed by atoms with Crippen molar-refractivity contribution in [3.8, 4) is 0 Å². The number of hydrogen-bond donors (Lipinski definition) is 0. The van der Waals surface area contributed by atoms with E-state index in [0.29, 0.717) is 0 Å². The van der Waals surface area contributed by atoms with E-state index in [1.165, 1.54) is 18.7 Å². The van der Waals surface area contributed by atoms with Crippen LogP contribution in [0.25, 0.3) is 6.08 Å². The van der Waals surface area contributed by atoms with E-state index in [2.05, 4.69) is 20.7 Å². The number of esters is 1. The monoisotopic (exact) mass is 254 g/mol. The standard InChI is InChI=1S/C11H11BrO2/c1-8-3-4-9(7-10(8)12)5-6-11(13)14-2/h3-7H,1-2H3/b6-5+. The minimum absolute atomic E-state index is 0.346. The van der Waals surface area contributed by atoms with Gasteiger partial charge in [0.05, 0.1) is 7.11 Å². The summed E-state index contributed by atoms with van der Waals surface area (Å²) in [4.78, 5) is 10.8. The highest BCUT2D eigenvalue weighted by molar-refractivity contribution is 9.10. The molecule has 1 aromatic rings. The van der Waals surface area contributed by atoms with Crippen molar-refractivity contribution in [1.82, 2.24) is 0 Å². The number of halogens is 1. The average Bonchev–Trinajstić information content (AvgIpc) is 2.19. The zero-order chi connectivity index (χ0) is 10.6.